The highest BCUT2D eigenvalue weighted by Crippen LogP contribution is 2.52. The van der Waals surface area contributed by atoms with Gasteiger partial charge in [0.05, 0.1) is 41.4 Å². The van der Waals surface area contributed by atoms with E-state index in [2.05, 4.69) is 21.5 Å². The number of nitrogens with zero attached hydrogens (tertiary/aromatic N) is 2. The Bertz CT molecular complexity index is 905. The molecule has 2 fully saturated rings. The van der Waals surface area contributed by atoms with E-state index in [0.29, 0.717) is 18.6 Å². The third-order valence-corrected chi connectivity index (χ3v) is 8.14. The molecule has 0 aromatic carbocycles. The van der Waals surface area contributed by atoms with Gasteiger partial charge >= 0.3 is 5.69 Å². The molecule has 1 aliphatic heterocycles. The topological polar surface area (TPSA) is 148 Å². The molecule has 9 nitrogen and oxygen atoms in total. The summed E-state index contributed by atoms with van der Waals surface area (Å²) in [6, 6.07) is 0. The molecule has 2 heterocycles. The number of thioether (sulfide) groups is 1. The van der Waals surface area contributed by atoms with Crippen molar-refractivity contribution in [2.24, 2.45) is 5.41 Å². The second kappa shape index (κ2) is 7.21. The summed E-state index contributed by atoms with van der Waals surface area (Å²) in [5, 5.41) is 18.3. The molecule has 1 saturated heterocycles. The lowest BCUT2D eigenvalue weighted by atomic mass is 9.90. The number of nitrogens with two attached hydrogens (primary N) is 1. The van der Waals surface area contributed by atoms with Crippen molar-refractivity contribution in [2.75, 3.05) is 31.2 Å². The van der Waals surface area contributed by atoms with Crippen LogP contribution >= 0.6 is 11.8 Å². The fourth-order valence-corrected chi connectivity index (χ4v) is 5.28. The van der Waals surface area contributed by atoms with Crippen molar-refractivity contribution in [3.05, 3.63) is 22.2 Å². The van der Waals surface area contributed by atoms with Gasteiger partial charge in [0.1, 0.15) is 5.82 Å². The number of aliphatic hydroxyl groups is 2. The number of aliphatic hydroxyl groups excluding tert-OH is 2. The van der Waals surface area contributed by atoms with Crippen molar-refractivity contribution in [2.45, 2.75) is 23.5 Å². The lowest BCUT2D eigenvalue weighted by molar-refractivity contribution is 0.0418. The maximum atomic E-state index is 12.1. The number of nitrogen functional groups attached to an aromatic ring is 1. The Hall–Kier alpha value is -1.58. The van der Waals surface area contributed by atoms with E-state index in [-0.39, 0.29) is 36.4 Å². The molecule has 142 valence electrons. The smallest absolute Gasteiger partial charge is 0.350 e. The predicted octanol–water partition coefficient (Wildman–Crippen LogP) is -1.52. The van der Waals surface area contributed by atoms with Crippen molar-refractivity contribution < 1.29 is 18.6 Å². The monoisotopic (exact) mass is 400 g/mol. The van der Waals surface area contributed by atoms with E-state index in [9.17, 15) is 23.4 Å². The van der Waals surface area contributed by atoms with E-state index < -0.39 is 26.5 Å². The summed E-state index contributed by atoms with van der Waals surface area (Å²) < 4.78 is 27.2. The largest absolute Gasteiger partial charge is 0.396 e. The molecule has 1 saturated carbocycles. The van der Waals surface area contributed by atoms with E-state index in [0.717, 1.165) is 0 Å². The fraction of sp³-hybridized carbons (Fsp3) is 0.600. The van der Waals surface area contributed by atoms with Crippen molar-refractivity contribution in [1.29, 1.82) is 0 Å². The van der Waals surface area contributed by atoms with Gasteiger partial charge in [-0.05, 0) is 12.8 Å². The average molecular weight is 400 g/mol. The number of hydrogen-bond donors (Lipinski definition) is 4. The normalized spacial score (nSPS) is 21.5. The minimum absolute atomic E-state index is 0.0493. The number of aromatic nitrogens is 2. The highest BCUT2D eigenvalue weighted by atomic mass is 32.2. The van der Waals surface area contributed by atoms with Crippen LogP contribution in [0, 0.1) is 17.3 Å². The summed E-state index contributed by atoms with van der Waals surface area (Å²) in [5.41, 5.74) is 4.64. The molecule has 0 amide bonds. The molecule has 5 N–H and O–H groups in total. The van der Waals surface area contributed by atoms with E-state index in [1.165, 1.54) is 22.5 Å². The number of nitrogens with one attached hydrogen (secondary N) is 1. The first-order valence-corrected chi connectivity index (χ1v) is 10.6. The minimum Gasteiger partial charge on any atom is -0.396 e. The maximum absolute atomic E-state index is 12.1. The second-order valence-corrected chi connectivity index (χ2v) is 9.55. The molecular formula is C15H20N4O5S2. The van der Waals surface area contributed by atoms with Crippen LogP contribution in [0.2, 0.25) is 0 Å². The molecule has 0 bridgehead atoms. The Morgan fingerprint density at radius 1 is 1.42 bits per heavy atom. The summed E-state index contributed by atoms with van der Waals surface area (Å²) in [6.07, 6.45) is 2.77. The molecule has 1 aliphatic carbocycles. The molecular weight excluding hydrogens is 380 g/mol. The molecule has 1 aromatic rings. The molecule has 3 rings (SSSR count). The van der Waals surface area contributed by atoms with Gasteiger partial charge in [-0.2, -0.15) is 4.98 Å². The third kappa shape index (κ3) is 3.60. The van der Waals surface area contributed by atoms with Crippen molar-refractivity contribution >= 4 is 27.6 Å². The number of hydrogen-bond acceptors (Lipinski definition) is 8. The molecule has 26 heavy (non-hydrogen) atoms. The van der Waals surface area contributed by atoms with Gasteiger partial charge in [-0.25, -0.2) is 17.9 Å². The van der Waals surface area contributed by atoms with Crippen molar-refractivity contribution in [1.82, 2.24) is 14.3 Å². The van der Waals surface area contributed by atoms with Crippen LogP contribution in [0.1, 0.15) is 23.8 Å². The lowest BCUT2D eigenvalue weighted by Crippen LogP contribution is -2.50. The standard InChI is InChI=1S/C15H20N4O5S2/c16-12-10(2-1-5-17-26(23,24)11-3-4-11)6-19(14(22)18-12)13-15(7-20,8-21)9-25-13/h6,11,13,17,20-21H,3-5,7-9H2,(H2,16,18,22)/t13-/m1/s1. The van der Waals surface area contributed by atoms with Crippen molar-refractivity contribution in [3.8, 4) is 11.8 Å². The number of sulfonamides is 1. The first-order valence-electron chi connectivity index (χ1n) is 8.02. The fourth-order valence-electron chi connectivity index (χ4n) is 2.58. The van der Waals surface area contributed by atoms with E-state index in [4.69, 9.17) is 5.73 Å². The quantitative estimate of drug-likeness (QED) is 0.421. The van der Waals surface area contributed by atoms with Gasteiger partial charge < -0.3 is 15.9 Å². The van der Waals surface area contributed by atoms with Gasteiger partial charge in [-0.1, -0.05) is 11.8 Å². The van der Waals surface area contributed by atoms with Crippen LogP contribution in [-0.4, -0.2) is 58.9 Å². The van der Waals surface area contributed by atoms with Crippen LogP contribution < -0.4 is 16.1 Å². The highest BCUT2D eigenvalue weighted by molar-refractivity contribution is 8.00. The Morgan fingerprint density at radius 2 is 2.12 bits per heavy atom. The van der Waals surface area contributed by atoms with Crippen LogP contribution in [0.3, 0.4) is 0 Å². The predicted molar refractivity (Wildman–Crippen MR) is 97.8 cm³/mol. The molecule has 0 spiro atoms. The molecule has 11 heteroatoms. The van der Waals surface area contributed by atoms with Gasteiger partial charge in [0, 0.05) is 11.9 Å². The first-order chi connectivity index (χ1) is 12.3. The maximum Gasteiger partial charge on any atom is 0.350 e. The first kappa shape index (κ1) is 19.2. The van der Waals surface area contributed by atoms with E-state index >= 15 is 0 Å². The Labute approximate surface area is 155 Å². The van der Waals surface area contributed by atoms with Crippen molar-refractivity contribution in [3.63, 3.8) is 0 Å². The molecule has 0 radical (unpaired) electrons. The van der Waals surface area contributed by atoms with E-state index in [1.807, 2.05) is 0 Å². The molecule has 1 atom stereocenters. The Morgan fingerprint density at radius 3 is 2.65 bits per heavy atom. The molecule has 0 unspecified atom stereocenters. The second-order valence-electron chi connectivity index (χ2n) is 6.44. The summed E-state index contributed by atoms with van der Waals surface area (Å²) in [7, 11) is -3.31. The number of rotatable bonds is 6. The Kier molecular flexibility index (Phi) is 5.32. The van der Waals surface area contributed by atoms with Gasteiger partial charge in [-0.3, -0.25) is 4.57 Å². The zero-order chi connectivity index (χ0) is 18.9. The zero-order valence-electron chi connectivity index (χ0n) is 13.9. The van der Waals surface area contributed by atoms with Gasteiger partial charge in [0.15, 0.2) is 0 Å². The molecule has 1 aromatic heterocycles. The lowest BCUT2D eigenvalue weighted by Gasteiger charge is -2.46. The van der Waals surface area contributed by atoms with Gasteiger partial charge in [0.2, 0.25) is 10.0 Å². The summed E-state index contributed by atoms with van der Waals surface area (Å²) >= 11 is 1.41. The van der Waals surface area contributed by atoms with Crippen LogP contribution in [0.25, 0.3) is 0 Å². The minimum atomic E-state index is -3.31. The molecule has 2 aliphatic rings. The van der Waals surface area contributed by atoms with Crippen LogP contribution in [0.15, 0.2) is 11.0 Å². The third-order valence-electron chi connectivity index (χ3n) is 4.46. The van der Waals surface area contributed by atoms with Gasteiger partial charge in [-0.15, -0.1) is 11.8 Å². The van der Waals surface area contributed by atoms with Crippen LogP contribution in [0.5, 0.6) is 0 Å². The zero-order valence-corrected chi connectivity index (χ0v) is 15.5. The summed E-state index contributed by atoms with van der Waals surface area (Å²) in [4.78, 5) is 15.9. The Balaban J connectivity index is 1.79. The highest BCUT2D eigenvalue weighted by Gasteiger charge is 2.48. The van der Waals surface area contributed by atoms with Crippen LogP contribution in [-0.2, 0) is 10.0 Å². The summed E-state index contributed by atoms with van der Waals surface area (Å²) in [5.74, 6) is 5.86. The van der Waals surface area contributed by atoms with Crippen LogP contribution in [0.4, 0.5) is 5.82 Å². The average Bonchev–Trinajstić information content (AvgIpc) is 3.41. The van der Waals surface area contributed by atoms with E-state index in [1.54, 1.807) is 0 Å². The summed E-state index contributed by atoms with van der Waals surface area (Å²) in [6.45, 7) is -0.587. The SMILES string of the molecule is Nc1nc(=O)n([C@@H]2SCC2(CO)CO)cc1C#CCNS(=O)(=O)C1CC1. The number of anilines is 1. The van der Waals surface area contributed by atoms with Gasteiger partial charge in [0.25, 0.3) is 0 Å².